The Bertz CT molecular complexity index is 280. The molecule has 1 aromatic heterocycles. The molecule has 2 heterocycles. The van der Waals surface area contributed by atoms with E-state index in [2.05, 4.69) is 18.0 Å². The van der Waals surface area contributed by atoms with Crippen molar-refractivity contribution in [2.45, 2.75) is 46.1 Å². The molecule has 0 radical (unpaired) electrons. The number of nitrogens with zero attached hydrogens (tertiary/aromatic N) is 1. The van der Waals surface area contributed by atoms with Crippen molar-refractivity contribution in [1.82, 2.24) is 4.98 Å². The minimum atomic E-state index is 0.244. The zero-order valence-corrected chi connectivity index (χ0v) is 9.99. The molecule has 0 aromatic carbocycles. The predicted molar refractivity (Wildman–Crippen MR) is 62.9 cm³/mol. The molecule has 0 amide bonds. The first kappa shape index (κ1) is 12.2. The average molecular weight is 207 g/mol. The maximum absolute atomic E-state index is 5.66. The van der Waals surface area contributed by atoms with E-state index in [9.17, 15) is 0 Å². The van der Waals surface area contributed by atoms with Gasteiger partial charge >= 0.3 is 0 Å². The summed E-state index contributed by atoms with van der Waals surface area (Å²) in [6.07, 6.45) is 5.69. The second-order valence-corrected chi connectivity index (χ2v) is 3.61. The van der Waals surface area contributed by atoms with Crippen LogP contribution in [0.25, 0.3) is 0 Å². The molecule has 2 rings (SSSR count). The summed E-state index contributed by atoms with van der Waals surface area (Å²) in [6, 6.07) is 4.14. The molecule has 1 atom stereocenters. The van der Waals surface area contributed by atoms with Gasteiger partial charge in [0.2, 0.25) is 0 Å². The topological polar surface area (TPSA) is 22.1 Å². The first-order valence-electron chi connectivity index (χ1n) is 5.90. The van der Waals surface area contributed by atoms with Crippen LogP contribution in [0.15, 0.2) is 18.3 Å². The van der Waals surface area contributed by atoms with Crippen LogP contribution < -0.4 is 0 Å². The van der Waals surface area contributed by atoms with Gasteiger partial charge < -0.3 is 4.74 Å². The lowest BCUT2D eigenvalue weighted by Gasteiger charge is -2.22. The Morgan fingerprint density at radius 3 is 2.73 bits per heavy atom. The van der Waals surface area contributed by atoms with Gasteiger partial charge in [0, 0.05) is 12.8 Å². The summed E-state index contributed by atoms with van der Waals surface area (Å²) in [7, 11) is 0. The Labute approximate surface area is 92.7 Å². The van der Waals surface area contributed by atoms with E-state index >= 15 is 0 Å². The molecular formula is C13H21NO. The summed E-state index contributed by atoms with van der Waals surface area (Å²) in [5.74, 6) is 0. The lowest BCUT2D eigenvalue weighted by molar-refractivity contribution is 0.0123. The average Bonchev–Trinajstić information content (AvgIpc) is 2.33. The molecule has 1 aliphatic rings. The highest BCUT2D eigenvalue weighted by Crippen LogP contribution is 2.26. The van der Waals surface area contributed by atoms with Crippen LogP contribution in [0.1, 0.15) is 50.5 Å². The number of aryl methyl sites for hydroxylation is 1. The third-order valence-corrected chi connectivity index (χ3v) is 2.45. The van der Waals surface area contributed by atoms with Crippen molar-refractivity contribution in [3.8, 4) is 0 Å². The van der Waals surface area contributed by atoms with Gasteiger partial charge in [0.1, 0.15) is 0 Å². The standard InChI is InChI=1S/C11H15NO.C2H6/c1-9-5-6-12-10(8-9)11-4-2-3-7-13-11;1-2/h5-6,8,11H,2-4,7H2,1H3;1-2H3. The van der Waals surface area contributed by atoms with Crippen molar-refractivity contribution in [2.75, 3.05) is 6.61 Å². The van der Waals surface area contributed by atoms with E-state index in [-0.39, 0.29) is 6.10 Å². The Kier molecular flexibility index (Phi) is 5.33. The highest BCUT2D eigenvalue weighted by molar-refractivity contribution is 5.16. The van der Waals surface area contributed by atoms with Gasteiger partial charge in [-0.15, -0.1) is 0 Å². The van der Waals surface area contributed by atoms with Gasteiger partial charge in [0.15, 0.2) is 0 Å². The SMILES string of the molecule is CC.Cc1ccnc(C2CCCCO2)c1. The van der Waals surface area contributed by atoms with E-state index in [1.54, 1.807) is 0 Å². The van der Waals surface area contributed by atoms with Crippen LogP contribution in [-0.4, -0.2) is 11.6 Å². The second-order valence-electron chi connectivity index (χ2n) is 3.61. The van der Waals surface area contributed by atoms with Crippen LogP contribution in [0.3, 0.4) is 0 Å². The first-order valence-corrected chi connectivity index (χ1v) is 5.90. The van der Waals surface area contributed by atoms with Gasteiger partial charge in [-0.2, -0.15) is 0 Å². The summed E-state index contributed by atoms with van der Waals surface area (Å²) >= 11 is 0. The van der Waals surface area contributed by atoms with E-state index in [0.717, 1.165) is 18.7 Å². The molecule has 0 saturated carbocycles. The molecule has 0 bridgehead atoms. The molecule has 15 heavy (non-hydrogen) atoms. The third-order valence-electron chi connectivity index (χ3n) is 2.45. The smallest absolute Gasteiger partial charge is 0.0994 e. The first-order chi connectivity index (χ1) is 7.36. The second kappa shape index (κ2) is 6.57. The summed E-state index contributed by atoms with van der Waals surface area (Å²) < 4.78 is 5.66. The Balaban J connectivity index is 0.000000531. The molecule has 84 valence electrons. The van der Waals surface area contributed by atoms with Gasteiger partial charge in [-0.25, -0.2) is 0 Å². The van der Waals surface area contributed by atoms with E-state index in [1.807, 2.05) is 26.1 Å². The van der Waals surface area contributed by atoms with Crippen LogP contribution in [-0.2, 0) is 4.74 Å². The molecule has 2 heteroatoms. The summed E-state index contributed by atoms with van der Waals surface area (Å²) in [5.41, 5.74) is 2.36. The summed E-state index contributed by atoms with van der Waals surface area (Å²) in [4.78, 5) is 4.34. The minimum absolute atomic E-state index is 0.244. The predicted octanol–water partition coefficient (Wildman–Crippen LogP) is 3.66. The fourth-order valence-electron chi connectivity index (χ4n) is 1.71. The molecular weight excluding hydrogens is 186 g/mol. The largest absolute Gasteiger partial charge is 0.372 e. The lowest BCUT2D eigenvalue weighted by atomic mass is 10.0. The highest BCUT2D eigenvalue weighted by Gasteiger charge is 2.16. The van der Waals surface area contributed by atoms with E-state index in [4.69, 9.17) is 4.74 Å². The van der Waals surface area contributed by atoms with Crippen LogP contribution in [0.2, 0.25) is 0 Å². The number of hydrogen-bond donors (Lipinski definition) is 0. The van der Waals surface area contributed by atoms with Crippen molar-refractivity contribution >= 4 is 0 Å². The summed E-state index contributed by atoms with van der Waals surface area (Å²) in [6.45, 7) is 6.98. The van der Waals surface area contributed by atoms with E-state index < -0.39 is 0 Å². The molecule has 1 aliphatic heterocycles. The molecule has 0 spiro atoms. The van der Waals surface area contributed by atoms with E-state index in [1.165, 1.54) is 18.4 Å². The van der Waals surface area contributed by atoms with Crippen molar-refractivity contribution in [3.63, 3.8) is 0 Å². The monoisotopic (exact) mass is 207 g/mol. The maximum Gasteiger partial charge on any atom is 0.0994 e. The van der Waals surface area contributed by atoms with Crippen LogP contribution in [0, 0.1) is 6.92 Å². The maximum atomic E-state index is 5.66. The minimum Gasteiger partial charge on any atom is -0.372 e. The van der Waals surface area contributed by atoms with Gasteiger partial charge in [0.25, 0.3) is 0 Å². The molecule has 1 aromatic rings. The van der Waals surface area contributed by atoms with Crippen molar-refractivity contribution < 1.29 is 4.74 Å². The van der Waals surface area contributed by atoms with E-state index in [0.29, 0.717) is 0 Å². The summed E-state index contributed by atoms with van der Waals surface area (Å²) in [5, 5.41) is 0. The van der Waals surface area contributed by atoms with Crippen molar-refractivity contribution in [3.05, 3.63) is 29.6 Å². The van der Waals surface area contributed by atoms with Crippen LogP contribution in [0.4, 0.5) is 0 Å². The number of aromatic nitrogens is 1. The zero-order chi connectivity index (χ0) is 11.1. The van der Waals surface area contributed by atoms with Crippen molar-refractivity contribution in [1.29, 1.82) is 0 Å². The Hall–Kier alpha value is -0.890. The van der Waals surface area contributed by atoms with Gasteiger partial charge in [-0.05, 0) is 43.9 Å². The number of pyridine rings is 1. The van der Waals surface area contributed by atoms with Gasteiger partial charge in [0.05, 0.1) is 11.8 Å². The third kappa shape index (κ3) is 3.63. The molecule has 1 saturated heterocycles. The van der Waals surface area contributed by atoms with Gasteiger partial charge in [-0.1, -0.05) is 13.8 Å². The van der Waals surface area contributed by atoms with Crippen LogP contribution in [0.5, 0.6) is 0 Å². The molecule has 0 N–H and O–H groups in total. The number of rotatable bonds is 1. The Morgan fingerprint density at radius 1 is 1.33 bits per heavy atom. The molecule has 2 nitrogen and oxygen atoms in total. The Morgan fingerprint density at radius 2 is 2.13 bits per heavy atom. The van der Waals surface area contributed by atoms with Crippen LogP contribution >= 0.6 is 0 Å². The normalized spacial score (nSPS) is 20.3. The molecule has 1 unspecified atom stereocenters. The lowest BCUT2D eigenvalue weighted by Crippen LogP contribution is -2.12. The number of hydrogen-bond acceptors (Lipinski definition) is 2. The molecule has 1 fully saturated rings. The highest BCUT2D eigenvalue weighted by atomic mass is 16.5. The zero-order valence-electron chi connectivity index (χ0n) is 9.99. The quantitative estimate of drug-likeness (QED) is 0.701. The number of ether oxygens (including phenoxy) is 1. The fourth-order valence-corrected chi connectivity index (χ4v) is 1.71. The molecule has 0 aliphatic carbocycles. The fraction of sp³-hybridized carbons (Fsp3) is 0.615. The van der Waals surface area contributed by atoms with Crippen molar-refractivity contribution in [2.24, 2.45) is 0 Å². The van der Waals surface area contributed by atoms with Gasteiger partial charge in [-0.3, -0.25) is 4.98 Å².